The number of carbonyl (C=O) groups is 2. The summed E-state index contributed by atoms with van der Waals surface area (Å²) in [5.74, 6) is 0.513. The van der Waals surface area contributed by atoms with Gasteiger partial charge in [0.1, 0.15) is 11.9 Å². The van der Waals surface area contributed by atoms with Gasteiger partial charge in [0.25, 0.3) is 0 Å². The van der Waals surface area contributed by atoms with Crippen LogP contribution < -0.4 is 5.32 Å². The van der Waals surface area contributed by atoms with Crippen molar-refractivity contribution in [3.63, 3.8) is 0 Å². The molecule has 2 fully saturated rings. The van der Waals surface area contributed by atoms with Crippen LogP contribution in [0.4, 0.5) is 5.82 Å². The molecule has 0 radical (unpaired) electrons. The highest BCUT2D eigenvalue weighted by Gasteiger charge is 2.36. The molecule has 2 aromatic rings. The highest BCUT2D eigenvalue weighted by Crippen LogP contribution is 2.30. The summed E-state index contributed by atoms with van der Waals surface area (Å²) < 4.78 is 0.871. The van der Waals surface area contributed by atoms with Crippen molar-refractivity contribution in [2.75, 3.05) is 31.5 Å². The lowest BCUT2D eigenvalue weighted by Crippen LogP contribution is -2.48. The number of hydrogen-bond acceptors (Lipinski definition) is 4. The van der Waals surface area contributed by atoms with E-state index in [4.69, 9.17) is 0 Å². The topological polar surface area (TPSA) is 65.5 Å². The van der Waals surface area contributed by atoms with Crippen molar-refractivity contribution in [2.24, 2.45) is 5.92 Å². The normalized spacial score (nSPS) is 20.7. The third-order valence-corrected chi connectivity index (χ3v) is 6.40. The quantitative estimate of drug-likeness (QED) is 0.720. The molecule has 0 bridgehead atoms. The molecule has 0 spiro atoms. The molecule has 2 aliphatic heterocycles. The number of carbonyl (C=O) groups excluding carboxylic acids is 2. The van der Waals surface area contributed by atoms with Crippen LogP contribution in [0.3, 0.4) is 0 Å². The first-order valence-corrected chi connectivity index (χ1v) is 11.4. The molecule has 0 aliphatic carbocycles. The van der Waals surface area contributed by atoms with E-state index in [-0.39, 0.29) is 23.8 Å². The van der Waals surface area contributed by atoms with Gasteiger partial charge in [-0.1, -0.05) is 30.3 Å². The number of amides is 2. The number of nitrogens with zero attached hydrogens (tertiary/aromatic N) is 3. The Morgan fingerprint density at radius 2 is 1.80 bits per heavy atom. The summed E-state index contributed by atoms with van der Waals surface area (Å²) in [5, 5.41) is 2.93. The molecule has 0 saturated carbocycles. The summed E-state index contributed by atoms with van der Waals surface area (Å²) >= 11 is 3.36. The molecular formula is C23H27BrN4O2. The van der Waals surface area contributed by atoms with Crippen LogP contribution in [0, 0.1) is 5.92 Å². The fourth-order valence-corrected chi connectivity index (χ4v) is 4.62. The largest absolute Gasteiger partial charge is 0.341 e. The first-order chi connectivity index (χ1) is 14.6. The van der Waals surface area contributed by atoms with Crippen molar-refractivity contribution in [1.29, 1.82) is 0 Å². The van der Waals surface area contributed by atoms with E-state index in [0.29, 0.717) is 12.4 Å². The number of likely N-dealkylation sites (tertiary alicyclic amines) is 2. The van der Waals surface area contributed by atoms with Gasteiger partial charge in [-0.05, 0) is 65.9 Å². The monoisotopic (exact) mass is 470 g/mol. The Kier molecular flexibility index (Phi) is 6.79. The molecule has 2 unspecified atom stereocenters. The van der Waals surface area contributed by atoms with Gasteiger partial charge in [0.05, 0.1) is 5.92 Å². The number of pyridine rings is 1. The van der Waals surface area contributed by atoms with E-state index in [1.807, 2.05) is 41.3 Å². The molecular weight excluding hydrogens is 444 g/mol. The van der Waals surface area contributed by atoms with Crippen LogP contribution in [0.2, 0.25) is 0 Å². The standard InChI is InChI=1S/C23H27BrN4O2/c24-19-10-11-20(25-15-19)26-22(29)18-9-6-14-28(16-18)21(17-7-2-1-3-8-17)23(30)27-12-4-5-13-27/h1-3,7-8,10-11,15,18,21H,4-6,9,12-14,16H2,(H,25,26,29). The van der Waals surface area contributed by atoms with E-state index in [2.05, 4.69) is 31.1 Å². The molecule has 7 heteroatoms. The van der Waals surface area contributed by atoms with Gasteiger partial charge in [0.2, 0.25) is 11.8 Å². The number of piperidine rings is 1. The third-order valence-electron chi connectivity index (χ3n) is 5.93. The van der Waals surface area contributed by atoms with Crippen molar-refractivity contribution in [1.82, 2.24) is 14.8 Å². The van der Waals surface area contributed by atoms with E-state index in [1.165, 1.54) is 0 Å². The third kappa shape index (κ3) is 4.90. The highest BCUT2D eigenvalue weighted by molar-refractivity contribution is 9.10. The van der Waals surface area contributed by atoms with Gasteiger partial charge in [-0.3, -0.25) is 14.5 Å². The molecule has 1 aromatic heterocycles. The molecule has 30 heavy (non-hydrogen) atoms. The second kappa shape index (κ2) is 9.71. The smallest absolute Gasteiger partial charge is 0.244 e. The molecule has 2 saturated heterocycles. The van der Waals surface area contributed by atoms with Crippen LogP contribution in [0.25, 0.3) is 0 Å². The molecule has 1 aromatic carbocycles. The second-order valence-corrected chi connectivity index (χ2v) is 8.95. The minimum atomic E-state index is -0.328. The van der Waals surface area contributed by atoms with Crippen LogP contribution in [0.5, 0.6) is 0 Å². The van der Waals surface area contributed by atoms with Gasteiger partial charge in [0.15, 0.2) is 0 Å². The maximum Gasteiger partial charge on any atom is 0.244 e. The number of nitrogens with one attached hydrogen (secondary N) is 1. The van der Waals surface area contributed by atoms with Crippen molar-refractivity contribution >= 4 is 33.6 Å². The van der Waals surface area contributed by atoms with Gasteiger partial charge in [-0.2, -0.15) is 0 Å². The summed E-state index contributed by atoms with van der Waals surface area (Å²) in [6.07, 6.45) is 5.51. The van der Waals surface area contributed by atoms with E-state index in [9.17, 15) is 9.59 Å². The first-order valence-electron chi connectivity index (χ1n) is 10.6. The van der Waals surface area contributed by atoms with Gasteiger partial charge in [0, 0.05) is 30.3 Å². The van der Waals surface area contributed by atoms with Crippen LogP contribution in [0.15, 0.2) is 53.1 Å². The Balaban J connectivity index is 1.50. The van der Waals surface area contributed by atoms with Crippen molar-refractivity contribution < 1.29 is 9.59 Å². The minimum absolute atomic E-state index is 0.0324. The fraction of sp³-hybridized carbons (Fsp3) is 0.435. The Bertz CT molecular complexity index is 869. The summed E-state index contributed by atoms with van der Waals surface area (Å²) in [5.41, 5.74) is 1.00. The maximum absolute atomic E-state index is 13.4. The van der Waals surface area contributed by atoms with E-state index >= 15 is 0 Å². The number of halogens is 1. The molecule has 3 heterocycles. The Morgan fingerprint density at radius 1 is 1.03 bits per heavy atom. The molecule has 6 nitrogen and oxygen atoms in total. The average molecular weight is 471 g/mol. The number of benzene rings is 1. The number of aromatic nitrogens is 1. The molecule has 4 rings (SSSR count). The zero-order valence-electron chi connectivity index (χ0n) is 17.0. The molecule has 158 valence electrons. The highest BCUT2D eigenvalue weighted by atomic mass is 79.9. The van der Waals surface area contributed by atoms with Crippen LogP contribution >= 0.6 is 15.9 Å². The molecule has 1 N–H and O–H groups in total. The lowest BCUT2D eigenvalue weighted by atomic mass is 9.93. The lowest BCUT2D eigenvalue weighted by Gasteiger charge is -2.38. The van der Waals surface area contributed by atoms with Gasteiger partial charge < -0.3 is 10.2 Å². The van der Waals surface area contributed by atoms with E-state index < -0.39 is 0 Å². The van der Waals surface area contributed by atoms with E-state index in [1.54, 1.807) is 12.3 Å². The van der Waals surface area contributed by atoms with Gasteiger partial charge >= 0.3 is 0 Å². The summed E-state index contributed by atoms with van der Waals surface area (Å²) in [4.78, 5) is 34.7. The predicted octanol–water partition coefficient (Wildman–Crippen LogP) is 3.86. The number of rotatable bonds is 5. The minimum Gasteiger partial charge on any atom is -0.341 e. The Morgan fingerprint density at radius 3 is 2.50 bits per heavy atom. The summed E-state index contributed by atoms with van der Waals surface area (Å²) in [6.45, 7) is 3.05. The molecule has 2 amide bonds. The SMILES string of the molecule is O=C(Nc1ccc(Br)cn1)C1CCCN(C(C(=O)N2CCCC2)c2ccccc2)C1. The zero-order valence-corrected chi connectivity index (χ0v) is 18.6. The van der Waals surface area contributed by atoms with Crippen molar-refractivity contribution in [3.8, 4) is 0 Å². The predicted molar refractivity (Wildman–Crippen MR) is 120 cm³/mol. The fourth-order valence-electron chi connectivity index (χ4n) is 4.39. The molecule has 2 aliphatic rings. The lowest BCUT2D eigenvalue weighted by molar-refractivity contribution is -0.138. The second-order valence-electron chi connectivity index (χ2n) is 8.03. The van der Waals surface area contributed by atoms with Crippen LogP contribution in [0.1, 0.15) is 37.3 Å². The Labute approximate surface area is 185 Å². The maximum atomic E-state index is 13.4. The molecule has 2 atom stereocenters. The zero-order chi connectivity index (χ0) is 20.9. The van der Waals surface area contributed by atoms with Gasteiger partial charge in [-0.15, -0.1) is 0 Å². The first kappa shape index (κ1) is 21.0. The summed E-state index contributed by atoms with van der Waals surface area (Å²) in [7, 11) is 0. The van der Waals surface area contributed by atoms with Crippen molar-refractivity contribution in [2.45, 2.75) is 31.7 Å². The Hall–Kier alpha value is -2.25. The average Bonchev–Trinajstić information content (AvgIpc) is 3.31. The number of hydrogen-bond donors (Lipinski definition) is 1. The van der Waals surface area contributed by atoms with Crippen molar-refractivity contribution in [3.05, 3.63) is 58.7 Å². The number of anilines is 1. The van der Waals surface area contributed by atoms with Gasteiger partial charge in [-0.25, -0.2) is 4.98 Å². The van der Waals surface area contributed by atoms with Crippen LogP contribution in [-0.4, -0.2) is 52.8 Å². The van der Waals surface area contributed by atoms with E-state index in [0.717, 1.165) is 55.4 Å². The summed E-state index contributed by atoms with van der Waals surface area (Å²) in [6, 6.07) is 13.3. The van der Waals surface area contributed by atoms with Crippen LogP contribution in [-0.2, 0) is 9.59 Å².